The molecule has 38 heavy (non-hydrogen) atoms. The molecule has 2 aliphatic carbocycles. The van der Waals surface area contributed by atoms with Crippen molar-refractivity contribution in [1.29, 1.82) is 0 Å². The fraction of sp³-hybridized carbons (Fsp3) is 0.481. The number of amides is 2. The Bertz CT molecular complexity index is 1360. The number of aliphatic hydroxyl groups is 1. The molecular formula is C27H31F2N5O4. The largest absolute Gasteiger partial charge is 0.493 e. The Morgan fingerprint density at radius 3 is 2.71 bits per heavy atom. The second kappa shape index (κ2) is 10.6. The number of nitrogens with zero attached hydrogens (tertiary/aromatic N) is 2. The van der Waals surface area contributed by atoms with Crippen LogP contribution in [0.5, 0.6) is 5.75 Å². The number of aromatic nitrogens is 3. The van der Waals surface area contributed by atoms with E-state index in [4.69, 9.17) is 4.74 Å². The van der Waals surface area contributed by atoms with Gasteiger partial charge in [0, 0.05) is 23.7 Å². The minimum Gasteiger partial charge on any atom is -0.493 e. The summed E-state index contributed by atoms with van der Waals surface area (Å²) in [5.41, 5.74) is 2.58. The van der Waals surface area contributed by atoms with Crippen LogP contribution < -0.4 is 15.4 Å². The predicted molar refractivity (Wildman–Crippen MR) is 136 cm³/mol. The molecule has 3 aromatic rings. The number of rotatable bonds is 8. The number of ether oxygens (including phenoxy) is 1. The minimum atomic E-state index is -1.36. The van der Waals surface area contributed by atoms with Gasteiger partial charge in [0.25, 0.3) is 5.91 Å². The van der Waals surface area contributed by atoms with Gasteiger partial charge in [0.05, 0.1) is 23.7 Å². The normalized spacial score (nSPS) is 22.2. The zero-order valence-electron chi connectivity index (χ0n) is 21.3. The molecule has 2 aromatic heterocycles. The number of aliphatic hydroxyl groups excluding tert-OH is 1. The number of carbonyl (C=O) groups is 2. The number of H-pyrrole nitrogens is 1. The maximum atomic E-state index is 14.8. The topological polar surface area (TPSA) is 129 Å². The van der Waals surface area contributed by atoms with Crippen LogP contribution in [-0.2, 0) is 4.79 Å². The first kappa shape index (κ1) is 26.0. The summed E-state index contributed by atoms with van der Waals surface area (Å²) in [7, 11) is 0. The lowest BCUT2D eigenvalue weighted by atomic mass is 9.89. The van der Waals surface area contributed by atoms with Gasteiger partial charge in [0.15, 0.2) is 0 Å². The van der Waals surface area contributed by atoms with E-state index in [9.17, 15) is 23.5 Å². The van der Waals surface area contributed by atoms with E-state index in [2.05, 4.69) is 25.6 Å². The summed E-state index contributed by atoms with van der Waals surface area (Å²) in [6.07, 6.45) is 1.79. The number of halogens is 2. The number of nitrogens with one attached hydrogen (secondary N) is 3. The van der Waals surface area contributed by atoms with Gasteiger partial charge in [-0.05, 0) is 63.6 Å². The summed E-state index contributed by atoms with van der Waals surface area (Å²) in [6.45, 7) is 3.60. The molecule has 0 unspecified atom stereocenters. The Hall–Kier alpha value is -3.60. The number of benzene rings is 1. The number of aromatic amines is 1. The van der Waals surface area contributed by atoms with Gasteiger partial charge in [-0.25, -0.2) is 18.7 Å². The van der Waals surface area contributed by atoms with Gasteiger partial charge < -0.3 is 25.5 Å². The predicted octanol–water partition coefficient (Wildman–Crippen LogP) is 3.35. The van der Waals surface area contributed by atoms with Crippen LogP contribution in [0.2, 0.25) is 0 Å². The SMILES string of the molecule is Cc1[nH]c2c(-c3cc(F)ccc3OCC3CC3)ncnc2c1C(=O)N[C@H]1CC[C@@H](NC(=O)[C@H](C)O)[C@H](F)C1. The first-order valence-corrected chi connectivity index (χ1v) is 12.9. The van der Waals surface area contributed by atoms with Gasteiger partial charge >= 0.3 is 0 Å². The molecule has 0 radical (unpaired) electrons. The molecule has 5 rings (SSSR count). The van der Waals surface area contributed by atoms with Crippen molar-refractivity contribution in [3.63, 3.8) is 0 Å². The first-order chi connectivity index (χ1) is 18.2. The number of hydrogen-bond donors (Lipinski definition) is 4. The number of aryl methyl sites for hydroxylation is 1. The molecule has 4 atom stereocenters. The Labute approximate surface area is 218 Å². The Morgan fingerprint density at radius 2 is 2.00 bits per heavy atom. The van der Waals surface area contributed by atoms with Crippen LogP contribution in [0, 0.1) is 18.7 Å². The Kier molecular flexibility index (Phi) is 7.29. The highest BCUT2D eigenvalue weighted by atomic mass is 19.1. The summed E-state index contributed by atoms with van der Waals surface area (Å²) >= 11 is 0. The van der Waals surface area contributed by atoms with Crippen molar-refractivity contribution in [1.82, 2.24) is 25.6 Å². The van der Waals surface area contributed by atoms with E-state index in [1.165, 1.54) is 25.4 Å². The van der Waals surface area contributed by atoms with Crippen LogP contribution >= 0.6 is 0 Å². The summed E-state index contributed by atoms with van der Waals surface area (Å²) in [5.74, 6) is -0.455. The van der Waals surface area contributed by atoms with E-state index in [-0.39, 0.29) is 6.42 Å². The maximum Gasteiger partial charge on any atom is 0.255 e. The molecule has 1 aromatic carbocycles. The average molecular weight is 528 g/mol. The smallest absolute Gasteiger partial charge is 0.255 e. The summed E-state index contributed by atoms with van der Waals surface area (Å²) in [4.78, 5) is 36.9. The highest BCUT2D eigenvalue weighted by Gasteiger charge is 2.34. The van der Waals surface area contributed by atoms with Gasteiger partial charge in [-0.1, -0.05) is 0 Å². The van der Waals surface area contributed by atoms with Crippen molar-refractivity contribution in [3.05, 3.63) is 41.6 Å². The highest BCUT2D eigenvalue weighted by Crippen LogP contribution is 2.37. The van der Waals surface area contributed by atoms with Crippen LogP contribution in [-0.4, -0.2) is 62.8 Å². The van der Waals surface area contributed by atoms with Crippen molar-refractivity contribution in [2.45, 2.75) is 70.3 Å². The lowest BCUT2D eigenvalue weighted by Gasteiger charge is -2.32. The third-order valence-electron chi connectivity index (χ3n) is 7.18. The molecule has 0 spiro atoms. The second-order valence-electron chi connectivity index (χ2n) is 10.3. The molecule has 2 saturated carbocycles. The summed E-state index contributed by atoms with van der Waals surface area (Å²) < 4.78 is 35.0. The van der Waals surface area contributed by atoms with E-state index >= 15 is 0 Å². The van der Waals surface area contributed by atoms with Gasteiger partial charge in [0.2, 0.25) is 5.91 Å². The van der Waals surface area contributed by atoms with Crippen LogP contribution in [0.25, 0.3) is 22.3 Å². The Balaban J connectivity index is 1.36. The minimum absolute atomic E-state index is 0.0309. The number of fused-ring (bicyclic) bond motifs is 1. The second-order valence-corrected chi connectivity index (χ2v) is 10.3. The first-order valence-electron chi connectivity index (χ1n) is 12.9. The quantitative estimate of drug-likeness (QED) is 0.356. The van der Waals surface area contributed by atoms with Crippen LogP contribution in [0.3, 0.4) is 0 Å². The molecule has 11 heteroatoms. The third-order valence-corrected chi connectivity index (χ3v) is 7.18. The molecule has 4 N–H and O–H groups in total. The number of alkyl halides is 1. The molecule has 2 fully saturated rings. The van der Waals surface area contributed by atoms with Crippen molar-refractivity contribution in [2.75, 3.05) is 6.61 Å². The van der Waals surface area contributed by atoms with Gasteiger partial charge in [-0.15, -0.1) is 0 Å². The lowest BCUT2D eigenvalue weighted by molar-refractivity contribution is -0.130. The van der Waals surface area contributed by atoms with Crippen molar-refractivity contribution >= 4 is 22.8 Å². The molecule has 0 saturated heterocycles. The van der Waals surface area contributed by atoms with E-state index in [1.54, 1.807) is 13.0 Å². The lowest BCUT2D eigenvalue weighted by Crippen LogP contribution is -2.51. The van der Waals surface area contributed by atoms with E-state index in [0.717, 1.165) is 12.8 Å². The van der Waals surface area contributed by atoms with E-state index < -0.39 is 42.0 Å². The van der Waals surface area contributed by atoms with Crippen LogP contribution in [0.15, 0.2) is 24.5 Å². The van der Waals surface area contributed by atoms with Gasteiger partial charge in [-0.3, -0.25) is 9.59 Å². The van der Waals surface area contributed by atoms with Crippen molar-refractivity contribution in [3.8, 4) is 17.0 Å². The van der Waals surface area contributed by atoms with Gasteiger partial charge in [-0.2, -0.15) is 0 Å². The molecule has 9 nitrogen and oxygen atoms in total. The maximum absolute atomic E-state index is 14.8. The zero-order chi connectivity index (χ0) is 27.0. The van der Waals surface area contributed by atoms with E-state index in [0.29, 0.717) is 64.7 Å². The zero-order valence-corrected chi connectivity index (χ0v) is 21.3. The number of hydrogen-bond acceptors (Lipinski definition) is 6. The molecule has 202 valence electrons. The fourth-order valence-electron chi connectivity index (χ4n) is 4.88. The summed E-state index contributed by atoms with van der Waals surface area (Å²) in [5, 5.41) is 14.8. The molecule has 2 aliphatic rings. The van der Waals surface area contributed by atoms with E-state index in [1.807, 2.05) is 0 Å². The molecule has 0 aliphatic heterocycles. The van der Waals surface area contributed by atoms with Crippen molar-refractivity contribution < 1.29 is 28.2 Å². The number of carbonyl (C=O) groups excluding carboxylic acids is 2. The van der Waals surface area contributed by atoms with Crippen LogP contribution in [0.1, 0.15) is 55.1 Å². The van der Waals surface area contributed by atoms with Crippen molar-refractivity contribution in [2.24, 2.45) is 5.92 Å². The molecular weight excluding hydrogens is 496 g/mol. The highest BCUT2D eigenvalue weighted by molar-refractivity contribution is 6.09. The third kappa shape index (κ3) is 5.47. The summed E-state index contributed by atoms with van der Waals surface area (Å²) in [6, 6.07) is 3.13. The van der Waals surface area contributed by atoms with Gasteiger partial charge in [0.1, 0.15) is 41.4 Å². The Morgan fingerprint density at radius 1 is 1.21 bits per heavy atom. The van der Waals surface area contributed by atoms with Crippen LogP contribution in [0.4, 0.5) is 8.78 Å². The average Bonchev–Trinajstić information content (AvgIpc) is 3.64. The fourth-order valence-corrected chi connectivity index (χ4v) is 4.88. The monoisotopic (exact) mass is 527 g/mol. The molecule has 0 bridgehead atoms. The standard InChI is InChI=1S/C27H31F2N5O4/c1-13-22(27(37)33-17-6-7-20(19(29)10-17)34-26(36)14(2)35)24-25(32-13)23(30-12-31-24)18-9-16(28)5-8-21(18)38-11-15-3-4-15/h5,8-9,12,14-15,17,19-20,32,35H,3-4,6-7,10-11H2,1-2H3,(H,33,37)(H,34,36)/t14-,17-,19+,20+/m0/s1. The molecule has 2 heterocycles. The molecule has 2 amide bonds.